The van der Waals surface area contributed by atoms with Crippen LogP contribution in [-0.2, 0) is 9.63 Å². The molecule has 0 aliphatic heterocycles. The van der Waals surface area contributed by atoms with Gasteiger partial charge in [-0.05, 0) is 86.9 Å². The molecule has 4 rings (SSSR count). The molecule has 4 heteroatoms. The number of nitrogens with zero attached hydrogens (tertiary/aromatic N) is 1. The second kappa shape index (κ2) is 6.86. The number of carbonyl (C=O) groups is 1. The van der Waals surface area contributed by atoms with Crippen LogP contribution < -0.4 is 5.73 Å². The molecule has 4 saturated carbocycles. The van der Waals surface area contributed by atoms with Gasteiger partial charge in [0.25, 0.3) is 0 Å². The first-order chi connectivity index (χ1) is 12.8. The molecular weight excluding hydrogens is 336 g/mol. The molecule has 0 aromatic carbocycles. The Morgan fingerprint density at radius 3 is 2.74 bits per heavy atom. The molecule has 0 aromatic rings. The van der Waals surface area contributed by atoms with E-state index >= 15 is 0 Å². The van der Waals surface area contributed by atoms with Crippen LogP contribution in [-0.4, -0.2) is 24.1 Å². The maximum Gasteiger partial charge on any atom is 0.139 e. The summed E-state index contributed by atoms with van der Waals surface area (Å²) in [6.07, 6.45) is 8.98. The summed E-state index contributed by atoms with van der Waals surface area (Å²) < 4.78 is 0. The highest BCUT2D eigenvalue weighted by atomic mass is 16.6. The summed E-state index contributed by atoms with van der Waals surface area (Å²) in [6.45, 7) is 9.75. The second-order valence-corrected chi connectivity index (χ2v) is 10.8. The van der Waals surface area contributed by atoms with Crippen molar-refractivity contribution in [3.63, 3.8) is 0 Å². The zero-order chi connectivity index (χ0) is 19.4. The Morgan fingerprint density at radius 2 is 2.00 bits per heavy atom. The zero-order valence-corrected chi connectivity index (χ0v) is 17.7. The van der Waals surface area contributed by atoms with Gasteiger partial charge in [0, 0.05) is 17.9 Å². The smallest absolute Gasteiger partial charge is 0.139 e. The lowest BCUT2D eigenvalue weighted by Crippen LogP contribution is -2.56. The molecule has 0 aromatic heterocycles. The average Bonchev–Trinajstić information content (AvgIpc) is 2.91. The van der Waals surface area contributed by atoms with Gasteiger partial charge in [0.2, 0.25) is 0 Å². The van der Waals surface area contributed by atoms with Gasteiger partial charge < -0.3 is 10.6 Å². The van der Waals surface area contributed by atoms with E-state index in [0.29, 0.717) is 35.6 Å². The van der Waals surface area contributed by atoms with Gasteiger partial charge in [0.15, 0.2) is 0 Å². The van der Waals surface area contributed by atoms with Gasteiger partial charge in [0.05, 0.1) is 5.71 Å². The quantitative estimate of drug-likeness (QED) is 0.736. The molecule has 0 bridgehead atoms. The molecule has 0 saturated heterocycles. The Kier molecular flexibility index (Phi) is 4.93. The largest absolute Gasteiger partial charge is 0.394 e. The van der Waals surface area contributed by atoms with Crippen LogP contribution in [0, 0.1) is 40.4 Å². The molecule has 152 valence electrons. The molecule has 0 amide bonds. The molecule has 8 atom stereocenters. The molecule has 27 heavy (non-hydrogen) atoms. The predicted molar refractivity (Wildman–Crippen MR) is 108 cm³/mol. The Balaban J connectivity index is 1.53. The van der Waals surface area contributed by atoms with Crippen LogP contribution in [0.5, 0.6) is 0 Å². The third-order valence-corrected chi connectivity index (χ3v) is 9.10. The van der Waals surface area contributed by atoms with Crippen LogP contribution in [0.1, 0.15) is 79.1 Å². The number of hydrogen-bond donors (Lipinski definition) is 1. The second-order valence-electron chi connectivity index (χ2n) is 10.8. The monoisotopic (exact) mass is 374 g/mol. The van der Waals surface area contributed by atoms with Gasteiger partial charge in [0.1, 0.15) is 12.4 Å². The van der Waals surface area contributed by atoms with Crippen molar-refractivity contribution in [2.24, 2.45) is 51.3 Å². The Bertz CT molecular complexity index is 630. The lowest BCUT2D eigenvalue weighted by Gasteiger charge is -2.61. The predicted octanol–water partition coefficient (Wildman–Crippen LogP) is 4.56. The summed E-state index contributed by atoms with van der Waals surface area (Å²) in [4.78, 5) is 18.1. The number of carbonyl (C=O) groups excluding carboxylic acids is 1. The topological polar surface area (TPSA) is 64.7 Å². The van der Waals surface area contributed by atoms with E-state index in [9.17, 15) is 4.79 Å². The first-order valence-electron chi connectivity index (χ1n) is 11.2. The Hall–Kier alpha value is -0.900. The minimum atomic E-state index is -0.0212. The minimum absolute atomic E-state index is 0.0212. The number of hydrogen-bond acceptors (Lipinski definition) is 4. The first kappa shape index (κ1) is 19.4. The molecule has 0 spiro atoms. The third-order valence-electron chi connectivity index (χ3n) is 9.10. The molecule has 4 nitrogen and oxygen atoms in total. The number of oxime groups is 1. The van der Waals surface area contributed by atoms with Gasteiger partial charge in [-0.25, -0.2) is 0 Å². The van der Waals surface area contributed by atoms with E-state index in [-0.39, 0.29) is 11.5 Å². The van der Waals surface area contributed by atoms with Crippen molar-refractivity contribution in [1.29, 1.82) is 0 Å². The normalized spacial score (nSPS) is 49.3. The van der Waals surface area contributed by atoms with Crippen LogP contribution in [0.4, 0.5) is 0 Å². The SMILES string of the molecule is C[C@@H]1CC2CC(=NOC[C@@H](C)N)CC[C@]2(C)[C@H]2CC[C@]3(C)C(=O)CC[C@H]3[C@H]12. The van der Waals surface area contributed by atoms with Crippen molar-refractivity contribution >= 4 is 11.5 Å². The summed E-state index contributed by atoms with van der Waals surface area (Å²) >= 11 is 0. The van der Waals surface area contributed by atoms with Gasteiger partial charge in [-0.1, -0.05) is 25.9 Å². The number of fused-ring (bicyclic) bond motifs is 5. The van der Waals surface area contributed by atoms with E-state index < -0.39 is 0 Å². The van der Waals surface area contributed by atoms with Crippen LogP contribution in [0.25, 0.3) is 0 Å². The van der Waals surface area contributed by atoms with Crippen molar-refractivity contribution in [3.8, 4) is 0 Å². The van der Waals surface area contributed by atoms with E-state index in [0.717, 1.165) is 43.9 Å². The fraction of sp³-hybridized carbons (Fsp3) is 0.913. The minimum Gasteiger partial charge on any atom is -0.394 e. The van der Waals surface area contributed by atoms with E-state index in [1.54, 1.807) is 0 Å². The number of rotatable bonds is 3. The van der Waals surface area contributed by atoms with Crippen molar-refractivity contribution in [1.82, 2.24) is 0 Å². The van der Waals surface area contributed by atoms with Crippen molar-refractivity contribution in [2.75, 3.05) is 6.61 Å². The summed E-state index contributed by atoms with van der Waals surface area (Å²) in [5, 5.41) is 4.44. The molecule has 4 fully saturated rings. The van der Waals surface area contributed by atoms with E-state index in [1.165, 1.54) is 25.0 Å². The Labute approximate surface area is 164 Å². The van der Waals surface area contributed by atoms with Crippen LogP contribution >= 0.6 is 0 Å². The highest BCUT2D eigenvalue weighted by Crippen LogP contribution is 2.66. The summed E-state index contributed by atoms with van der Waals surface area (Å²) in [6, 6.07) is 0.0318. The van der Waals surface area contributed by atoms with E-state index in [4.69, 9.17) is 10.6 Å². The van der Waals surface area contributed by atoms with Crippen molar-refractivity contribution < 1.29 is 9.63 Å². The zero-order valence-electron chi connectivity index (χ0n) is 17.7. The van der Waals surface area contributed by atoms with Gasteiger partial charge in [-0.3, -0.25) is 4.79 Å². The molecule has 0 heterocycles. The number of Topliss-reactive ketones (excluding diaryl/α,β-unsaturated/α-hetero) is 1. The van der Waals surface area contributed by atoms with Crippen LogP contribution in [0.3, 0.4) is 0 Å². The standard InChI is InChI=1S/C23H38N2O2/c1-14-11-16-12-17(25-27-13-15(2)24)7-9-22(16,3)19-8-10-23(4)18(21(14)19)5-6-20(23)26/h14-16,18-19,21H,5-13,24H2,1-4H3/t14-,15-,16?,18+,19+,21+,22+,23+/m1/s1. The summed E-state index contributed by atoms with van der Waals surface area (Å²) in [7, 11) is 0. The summed E-state index contributed by atoms with van der Waals surface area (Å²) in [5.41, 5.74) is 7.39. The molecule has 4 aliphatic rings. The van der Waals surface area contributed by atoms with Crippen molar-refractivity contribution in [3.05, 3.63) is 0 Å². The van der Waals surface area contributed by atoms with Crippen LogP contribution in [0.15, 0.2) is 5.16 Å². The fourth-order valence-electron chi connectivity index (χ4n) is 7.54. The lowest BCUT2D eigenvalue weighted by atomic mass is 9.43. The van der Waals surface area contributed by atoms with E-state index in [2.05, 4.69) is 25.9 Å². The summed E-state index contributed by atoms with van der Waals surface area (Å²) in [5.74, 6) is 4.12. The molecular formula is C23H38N2O2. The highest BCUT2D eigenvalue weighted by molar-refractivity contribution is 5.87. The third kappa shape index (κ3) is 3.07. The maximum absolute atomic E-state index is 12.6. The number of nitrogens with two attached hydrogens (primary N) is 1. The highest BCUT2D eigenvalue weighted by Gasteiger charge is 2.61. The average molecular weight is 375 g/mol. The van der Waals surface area contributed by atoms with Crippen molar-refractivity contribution in [2.45, 2.75) is 85.1 Å². The number of ketones is 1. The van der Waals surface area contributed by atoms with Crippen LogP contribution in [0.2, 0.25) is 0 Å². The van der Waals surface area contributed by atoms with E-state index in [1.807, 2.05) is 6.92 Å². The maximum atomic E-state index is 12.6. The van der Waals surface area contributed by atoms with Gasteiger partial charge >= 0.3 is 0 Å². The lowest BCUT2D eigenvalue weighted by molar-refractivity contribution is -0.143. The molecule has 1 unspecified atom stereocenters. The first-order valence-corrected chi connectivity index (χ1v) is 11.2. The molecule has 2 N–H and O–H groups in total. The van der Waals surface area contributed by atoms with Gasteiger partial charge in [-0.15, -0.1) is 0 Å². The molecule has 4 aliphatic carbocycles. The van der Waals surface area contributed by atoms with Gasteiger partial charge in [-0.2, -0.15) is 0 Å². The Morgan fingerprint density at radius 1 is 1.22 bits per heavy atom. The molecule has 0 radical (unpaired) electrons. The fourth-order valence-corrected chi connectivity index (χ4v) is 7.54.